The Bertz CT molecular complexity index is 504. The Labute approximate surface area is 127 Å². The standard InChI is InChI=1S/C17H26N2O2/c1-4-20-16-8-13-7-12(2)21-17(13)9-14(16)10-18-15-5-6-19(3)11-15/h8-9,12,15,18H,4-7,10-11H2,1-3H3. The van der Waals surface area contributed by atoms with Gasteiger partial charge in [-0.1, -0.05) is 0 Å². The predicted octanol–water partition coefficient (Wildman–Crippen LogP) is 2.20. The van der Waals surface area contributed by atoms with Crippen molar-refractivity contribution in [1.82, 2.24) is 10.2 Å². The molecule has 0 aliphatic carbocycles. The van der Waals surface area contributed by atoms with Crippen LogP contribution < -0.4 is 14.8 Å². The molecule has 2 aliphatic heterocycles. The van der Waals surface area contributed by atoms with Gasteiger partial charge in [-0.15, -0.1) is 0 Å². The van der Waals surface area contributed by atoms with Crippen molar-refractivity contribution in [3.05, 3.63) is 23.3 Å². The lowest BCUT2D eigenvalue weighted by atomic mass is 10.1. The molecule has 2 unspecified atom stereocenters. The molecule has 0 bridgehead atoms. The summed E-state index contributed by atoms with van der Waals surface area (Å²) in [4.78, 5) is 2.37. The summed E-state index contributed by atoms with van der Waals surface area (Å²) in [5.74, 6) is 2.04. The minimum absolute atomic E-state index is 0.279. The Morgan fingerprint density at radius 2 is 2.29 bits per heavy atom. The highest BCUT2D eigenvalue weighted by molar-refractivity contribution is 5.48. The van der Waals surface area contributed by atoms with Crippen molar-refractivity contribution in [2.75, 3.05) is 26.7 Å². The first-order valence-electron chi connectivity index (χ1n) is 8.03. The minimum atomic E-state index is 0.279. The van der Waals surface area contributed by atoms with E-state index in [2.05, 4.69) is 36.3 Å². The highest BCUT2D eigenvalue weighted by Gasteiger charge is 2.23. The topological polar surface area (TPSA) is 33.7 Å². The first-order chi connectivity index (χ1) is 10.2. The van der Waals surface area contributed by atoms with Gasteiger partial charge < -0.3 is 19.7 Å². The van der Waals surface area contributed by atoms with Gasteiger partial charge in [0, 0.05) is 36.7 Å². The first-order valence-corrected chi connectivity index (χ1v) is 8.03. The number of nitrogens with one attached hydrogen (secondary N) is 1. The van der Waals surface area contributed by atoms with Gasteiger partial charge in [-0.05, 0) is 46.0 Å². The maximum absolute atomic E-state index is 5.88. The number of benzene rings is 1. The lowest BCUT2D eigenvalue weighted by Gasteiger charge is -2.16. The van der Waals surface area contributed by atoms with Crippen molar-refractivity contribution < 1.29 is 9.47 Å². The molecular formula is C17H26N2O2. The number of fused-ring (bicyclic) bond motifs is 1. The van der Waals surface area contributed by atoms with Gasteiger partial charge in [0.05, 0.1) is 6.61 Å². The van der Waals surface area contributed by atoms with E-state index in [1.165, 1.54) is 24.1 Å². The Hall–Kier alpha value is -1.26. The molecule has 0 amide bonds. The summed E-state index contributed by atoms with van der Waals surface area (Å²) in [6.07, 6.45) is 2.48. The van der Waals surface area contributed by atoms with Crippen LogP contribution >= 0.6 is 0 Å². The fourth-order valence-corrected chi connectivity index (χ4v) is 3.27. The Morgan fingerprint density at radius 3 is 3.00 bits per heavy atom. The third-order valence-corrected chi connectivity index (χ3v) is 4.35. The average molecular weight is 290 g/mol. The van der Waals surface area contributed by atoms with Crippen LogP contribution in [-0.2, 0) is 13.0 Å². The van der Waals surface area contributed by atoms with Crippen LogP contribution in [0.2, 0.25) is 0 Å². The maximum atomic E-state index is 5.88. The van der Waals surface area contributed by atoms with Crippen molar-refractivity contribution in [1.29, 1.82) is 0 Å². The van der Waals surface area contributed by atoms with E-state index in [4.69, 9.17) is 9.47 Å². The molecule has 2 aliphatic rings. The van der Waals surface area contributed by atoms with Crippen LogP contribution in [0.15, 0.2) is 12.1 Å². The average Bonchev–Trinajstić information content (AvgIpc) is 3.01. The van der Waals surface area contributed by atoms with Gasteiger partial charge in [0.15, 0.2) is 0 Å². The van der Waals surface area contributed by atoms with Crippen LogP contribution in [0.5, 0.6) is 11.5 Å². The molecule has 1 fully saturated rings. The fraction of sp³-hybridized carbons (Fsp3) is 0.647. The molecule has 0 saturated carbocycles. The molecule has 2 atom stereocenters. The quantitative estimate of drug-likeness (QED) is 0.901. The number of hydrogen-bond donors (Lipinski definition) is 1. The van der Waals surface area contributed by atoms with E-state index in [-0.39, 0.29) is 6.10 Å². The highest BCUT2D eigenvalue weighted by atomic mass is 16.5. The van der Waals surface area contributed by atoms with Crippen LogP contribution in [0.25, 0.3) is 0 Å². The molecule has 1 aromatic carbocycles. The number of hydrogen-bond acceptors (Lipinski definition) is 4. The number of likely N-dealkylation sites (N-methyl/N-ethyl adjacent to an activating group) is 1. The molecule has 21 heavy (non-hydrogen) atoms. The summed E-state index contributed by atoms with van der Waals surface area (Å²) >= 11 is 0. The van der Waals surface area contributed by atoms with Gasteiger partial charge in [-0.3, -0.25) is 0 Å². The molecule has 2 heterocycles. The fourth-order valence-electron chi connectivity index (χ4n) is 3.27. The lowest BCUT2D eigenvalue weighted by Crippen LogP contribution is -2.31. The lowest BCUT2D eigenvalue weighted by molar-refractivity contribution is 0.254. The van der Waals surface area contributed by atoms with E-state index in [1.54, 1.807) is 0 Å². The van der Waals surface area contributed by atoms with Crippen molar-refractivity contribution in [2.45, 2.75) is 45.4 Å². The number of nitrogens with zero attached hydrogens (tertiary/aromatic N) is 1. The van der Waals surface area contributed by atoms with E-state index in [1.807, 2.05) is 6.92 Å². The highest BCUT2D eigenvalue weighted by Crippen LogP contribution is 2.35. The second-order valence-electron chi connectivity index (χ2n) is 6.26. The molecule has 1 saturated heterocycles. The number of rotatable bonds is 5. The van der Waals surface area contributed by atoms with Crippen LogP contribution in [0, 0.1) is 0 Å². The smallest absolute Gasteiger partial charge is 0.124 e. The Kier molecular flexibility index (Phi) is 4.36. The van der Waals surface area contributed by atoms with Gasteiger partial charge in [0.25, 0.3) is 0 Å². The number of ether oxygens (including phenoxy) is 2. The molecule has 1 N–H and O–H groups in total. The minimum Gasteiger partial charge on any atom is -0.494 e. The third kappa shape index (κ3) is 3.33. The van der Waals surface area contributed by atoms with Gasteiger partial charge in [-0.2, -0.15) is 0 Å². The van der Waals surface area contributed by atoms with E-state index in [0.717, 1.165) is 31.0 Å². The van der Waals surface area contributed by atoms with Crippen molar-refractivity contribution in [3.8, 4) is 11.5 Å². The molecule has 0 spiro atoms. The zero-order valence-corrected chi connectivity index (χ0v) is 13.3. The summed E-state index contributed by atoms with van der Waals surface area (Å²) in [6, 6.07) is 4.91. The van der Waals surface area contributed by atoms with Gasteiger partial charge in [-0.25, -0.2) is 0 Å². The molecular weight excluding hydrogens is 264 g/mol. The summed E-state index contributed by atoms with van der Waals surface area (Å²) < 4.78 is 11.7. The number of likely N-dealkylation sites (tertiary alicyclic amines) is 1. The predicted molar refractivity (Wildman–Crippen MR) is 84.1 cm³/mol. The largest absolute Gasteiger partial charge is 0.494 e. The van der Waals surface area contributed by atoms with Crippen molar-refractivity contribution in [2.24, 2.45) is 0 Å². The molecule has 3 rings (SSSR count). The molecule has 1 aromatic rings. The van der Waals surface area contributed by atoms with Gasteiger partial charge in [0.1, 0.15) is 17.6 Å². The second kappa shape index (κ2) is 6.24. The van der Waals surface area contributed by atoms with E-state index in [9.17, 15) is 0 Å². The molecule has 4 nitrogen and oxygen atoms in total. The van der Waals surface area contributed by atoms with Crippen LogP contribution in [-0.4, -0.2) is 43.8 Å². The maximum Gasteiger partial charge on any atom is 0.124 e. The summed E-state index contributed by atoms with van der Waals surface area (Å²) in [5, 5.41) is 3.65. The van der Waals surface area contributed by atoms with Gasteiger partial charge in [0.2, 0.25) is 0 Å². The second-order valence-corrected chi connectivity index (χ2v) is 6.26. The summed E-state index contributed by atoms with van der Waals surface area (Å²) in [7, 11) is 2.18. The van der Waals surface area contributed by atoms with E-state index < -0.39 is 0 Å². The summed E-state index contributed by atoms with van der Waals surface area (Å²) in [6.45, 7) is 8.01. The third-order valence-electron chi connectivity index (χ3n) is 4.35. The Balaban J connectivity index is 1.72. The van der Waals surface area contributed by atoms with Crippen molar-refractivity contribution in [3.63, 3.8) is 0 Å². The van der Waals surface area contributed by atoms with Crippen LogP contribution in [0.4, 0.5) is 0 Å². The molecule has 0 radical (unpaired) electrons. The zero-order chi connectivity index (χ0) is 14.8. The van der Waals surface area contributed by atoms with Crippen LogP contribution in [0.3, 0.4) is 0 Å². The molecule has 0 aromatic heterocycles. The van der Waals surface area contributed by atoms with Crippen molar-refractivity contribution >= 4 is 0 Å². The van der Waals surface area contributed by atoms with E-state index in [0.29, 0.717) is 12.6 Å². The summed E-state index contributed by atoms with van der Waals surface area (Å²) in [5.41, 5.74) is 2.48. The molecule has 116 valence electrons. The zero-order valence-electron chi connectivity index (χ0n) is 13.3. The van der Waals surface area contributed by atoms with Crippen LogP contribution in [0.1, 0.15) is 31.4 Å². The molecule has 4 heteroatoms. The SMILES string of the molecule is CCOc1cc2c(cc1CNC1CCN(C)C1)OC(C)C2. The van der Waals surface area contributed by atoms with Gasteiger partial charge >= 0.3 is 0 Å². The monoisotopic (exact) mass is 290 g/mol. The van der Waals surface area contributed by atoms with E-state index >= 15 is 0 Å². The Morgan fingerprint density at radius 1 is 1.43 bits per heavy atom. The first kappa shape index (κ1) is 14.7. The normalized spacial score (nSPS) is 24.9.